The molecule has 112 valence electrons. The van der Waals surface area contributed by atoms with Gasteiger partial charge >= 0.3 is 0 Å². The maximum Gasteiger partial charge on any atom is 0.269 e. The largest absolute Gasteiger partial charge is 0.348 e. The predicted molar refractivity (Wildman–Crippen MR) is 84.3 cm³/mol. The summed E-state index contributed by atoms with van der Waals surface area (Å²) < 4.78 is 0. The number of non-ortho nitro benzene ring substituents is 1. The number of carbonyl (C=O) groups is 1. The Balaban J connectivity index is 2.20. The number of anilines is 1. The maximum absolute atomic E-state index is 12.1. The molecule has 7 heteroatoms. The number of carbonyl (C=O) groups excluding carboxylic acids is 1. The molecule has 1 aromatic rings. The monoisotopic (exact) mass is 307 g/mol. The molecule has 1 aliphatic heterocycles. The average molecular weight is 307 g/mol. The van der Waals surface area contributed by atoms with Crippen LogP contribution in [0.15, 0.2) is 24.3 Å². The van der Waals surface area contributed by atoms with Crippen molar-refractivity contribution < 1.29 is 9.72 Å². The second-order valence-corrected chi connectivity index (χ2v) is 5.24. The number of hydrogen-bond donors (Lipinski definition) is 0. The fourth-order valence-electron chi connectivity index (χ4n) is 2.22. The highest BCUT2D eigenvalue weighted by Crippen LogP contribution is 2.24. The fraction of sp³-hybridized carbons (Fsp3) is 0.429. The van der Waals surface area contributed by atoms with Crippen LogP contribution < -0.4 is 4.90 Å². The van der Waals surface area contributed by atoms with Crippen molar-refractivity contribution in [3.8, 4) is 0 Å². The first kappa shape index (κ1) is 15.4. The Bertz CT molecular complexity index is 559. The van der Waals surface area contributed by atoms with Crippen LogP contribution in [0.3, 0.4) is 0 Å². The number of unbranched alkanes of at least 4 members (excludes halogenated alkanes) is 1. The molecule has 0 bridgehead atoms. The first-order chi connectivity index (χ1) is 10.0. The molecule has 1 heterocycles. The minimum absolute atomic E-state index is 0.00281. The van der Waals surface area contributed by atoms with Gasteiger partial charge in [-0.15, -0.1) is 0 Å². The van der Waals surface area contributed by atoms with Crippen LogP contribution in [0.25, 0.3) is 0 Å². The molecule has 1 saturated heterocycles. The molecule has 1 fully saturated rings. The molecule has 0 saturated carbocycles. The Kier molecular flexibility index (Phi) is 4.85. The van der Waals surface area contributed by atoms with Crippen LogP contribution in [-0.2, 0) is 4.79 Å². The summed E-state index contributed by atoms with van der Waals surface area (Å²) in [6, 6.07) is 5.89. The van der Waals surface area contributed by atoms with Crippen LogP contribution >= 0.6 is 12.2 Å². The van der Waals surface area contributed by atoms with Gasteiger partial charge in [-0.25, -0.2) is 0 Å². The smallest absolute Gasteiger partial charge is 0.269 e. The van der Waals surface area contributed by atoms with E-state index < -0.39 is 4.92 Å². The SMILES string of the molecule is CCCCN1CCC(=O)N(c2ccc([N+](=O)[O-])cc2)C1=S. The third kappa shape index (κ3) is 3.36. The lowest BCUT2D eigenvalue weighted by molar-refractivity contribution is -0.384. The van der Waals surface area contributed by atoms with Gasteiger partial charge in [-0.1, -0.05) is 13.3 Å². The molecule has 0 N–H and O–H groups in total. The van der Waals surface area contributed by atoms with Crippen LogP contribution in [0.2, 0.25) is 0 Å². The van der Waals surface area contributed by atoms with Crippen LogP contribution in [0.1, 0.15) is 26.2 Å². The highest BCUT2D eigenvalue weighted by Gasteiger charge is 2.29. The molecule has 0 aromatic heterocycles. The van der Waals surface area contributed by atoms with Crippen molar-refractivity contribution in [3.05, 3.63) is 34.4 Å². The average Bonchev–Trinajstić information content (AvgIpc) is 2.47. The summed E-state index contributed by atoms with van der Waals surface area (Å²) in [5.74, 6) is -0.0680. The molecule has 1 aliphatic rings. The zero-order valence-corrected chi connectivity index (χ0v) is 12.6. The number of thiocarbonyl (C=S) groups is 1. The van der Waals surface area contributed by atoms with Gasteiger partial charge in [0, 0.05) is 31.6 Å². The Morgan fingerprint density at radius 1 is 1.33 bits per heavy atom. The summed E-state index contributed by atoms with van der Waals surface area (Å²) >= 11 is 5.40. The fourth-order valence-corrected chi connectivity index (χ4v) is 2.61. The third-order valence-corrected chi connectivity index (χ3v) is 3.85. The number of benzene rings is 1. The van der Waals surface area contributed by atoms with E-state index in [1.807, 2.05) is 4.90 Å². The van der Waals surface area contributed by atoms with Gasteiger partial charge in [0.05, 0.1) is 10.6 Å². The number of nitrogens with zero attached hydrogens (tertiary/aromatic N) is 3. The van der Waals surface area contributed by atoms with E-state index >= 15 is 0 Å². The second kappa shape index (κ2) is 6.62. The van der Waals surface area contributed by atoms with Crippen LogP contribution in [-0.4, -0.2) is 33.9 Å². The van der Waals surface area contributed by atoms with Crippen molar-refractivity contribution in [1.82, 2.24) is 4.90 Å². The molecule has 0 unspecified atom stereocenters. The van der Waals surface area contributed by atoms with Crippen molar-refractivity contribution in [2.24, 2.45) is 0 Å². The quantitative estimate of drug-likeness (QED) is 0.475. The van der Waals surface area contributed by atoms with Crippen molar-refractivity contribution in [3.63, 3.8) is 0 Å². The summed E-state index contributed by atoms with van der Waals surface area (Å²) in [6.45, 7) is 3.57. The van der Waals surface area contributed by atoms with Crippen LogP contribution in [0, 0.1) is 10.1 Å². The molecule has 21 heavy (non-hydrogen) atoms. The summed E-state index contributed by atoms with van der Waals surface area (Å²) in [4.78, 5) is 25.8. The summed E-state index contributed by atoms with van der Waals surface area (Å²) in [7, 11) is 0. The molecule has 1 aromatic carbocycles. The van der Waals surface area contributed by atoms with Gasteiger partial charge in [-0.05, 0) is 30.8 Å². The highest BCUT2D eigenvalue weighted by molar-refractivity contribution is 7.80. The second-order valence-electron chi connectivity index (χ2n) is 4.88. The van der Waals surface area contributed by atoms with E-state index in [1.54, 1.807) is 12.1 Å². The van der Waals surface area contributed by atoms with Gasteiger partial charge in [0.1, 0.15) is 0 Å². The normalized spacial score (nSPS) is 15.5. The van der Waals surface area contributed by atoms with E-state index in [1.165, 1.54) is 17.0 Å². The molecular weight excluding hydrogens is 290 g/mol. The molecular formula is C14H17N3O3S. The number of rotatable bonds is 5. The van der Waals surface area contributed by atoms with E-state index in [0.29, 0.717) is 23.8 Å². The Morgan fingerprint density at radius 2 is 2.00 bits per heavy atom. The molecule has 2 rings (SSSR count). The minimum atomic E-state index is -0.465. The van der Waals surface area contributed by atoms with E-state index in [4.69, 9.17) is 12.2 Å². The van der Waals surface area contributed by atoms with Crippen molar-refractivity contribution in [1.29, 1.82) is 0 Å². The van der Waals surface area contributed by atoms with Gasteiger partial charge in [0.15, 0.2) is 5.11 Å². The standard InChI is InChI=1S/C14H17N3O3S/c1-2-3-9-15-10-8-13(18)16(14(15)21)11-4-6-12(7-5-11)17(19)20/h4-7H,2-3,8-10H2,1H3. The Labute approximate surface area is 128 Å². The first-order valence-corrected chi connectivity index (χ1v) is 7.31. The first-order valence-electron chi connectivity index (χ1n) is 6.91. The number of nitro groups is 1. The lowest BCUT2D eigenvalue weighted by Gasteiger charge is -2.37. The molecule has 0 aliphatic carbocycles. The topological polar surface area (TPSA) is 66.7 Å². The van der Waals surface area contributed by atoms with Gasteiger partial charge in [0.2, 0.25) is 5.91 Å². The molecule has 0 atom stereocenters. The predicted octanol–water partition coefficient (Wildman–Crippen LogP) is 2.72. The maximum atomic E-state index is 12.1. The number of nitro benzene ring substituents is 1. The number of hydrogen-bond acceptors (Lipinski definition) is 4. The van der Waals surface area contributed by atoms with Crippen molar-refractivity contribution in [2.75, 3.05) is 18.0 Å². The highest BCUT2D eigenvalue weighted by atomic mass is 32.1. The Hall–Kier alpha value is -2.02. The molecule has 1 amide bonds. The molecule has 6 nitrogen and oxygen atoms in total. The van der Waals surface area contributed by atoms with E-state index in [0.717, 1.165) is 19.4 Å². The molecule has 0 radical (unpaired) electrons. The lowest BCUT2D eigenvalue weighted by Crippen LogP contribution is -2.52. The van der Waals surface area contributed by atoms with Gasteiger partial charge in [0.25, 0.3) is 5.69 Å². The van der Waals surface area contributed by atoms with Crippen molar-refractivity contribution in [2.45, 2.75) is 26.2 Å². The van der Waals surface area contributed by atoms with Crippen LogP contribution in [0.5, 0.6) is 0 Å². The Morgan fingerprint density at radius 3 is 2.57 bits per heavy atom. The van der Waals surface area contributed by atoms with Crippen molar-refractivity contribution >= 4 is 34.6 Å². The van der Waals surface area contributed by atoms with Gasteiger partial charge in [-0.3, -0.25) is 19.8 Å². The van der Waals surface area contributed by atoms with Crippen LogP contribution in [0.4, 0.5) is 11.4 Å². The van der Waals surface area contributed by atoms with E-state index in [2.05, 4.69) is 6.92 Å². The summed E-state index contributed by atoms with van der Waals surface area (Å²) in [5.41, 5.74) is 0.578. The third-order valence-electron chi connectivity index (χ3n) is 3.41. The zero-order chi connectivity index (χ0) is 15.4. The van der Waals surface area contributed by atoms with Gasteiger partial charge < -0.3 is 4.90 Å². The summed E-state index contributed by atoms with van der Waals surface area (Å²) in [5, 5.41) is 11.2. The summed E-state index contributed by atoms with van der Waals surface area (Å²) in [6.07, 6.45) is 2.48. The van der Waals surface area contributed by atoms with E-state index in [-0.39, 0.29) is 11.6 Å². The zero-order valence-electron chi connectivity index (χ0n) is 11.8. The van der Waals surface area contributed by atoms with E-state index in [9.17, 15) is 14.9 Å². The van der Waals surface area contributed by atoms with Gasteiger partial charge in [-0.2, -0.15) is 0 Å². The minimum Gasteiger partial charge on any atom is -0.348 e. The number of amides is 1. The molecule has 0 spiro atoms. The lowest BCUT2D eigenvalue weighted by atomic mass is 10.2.